The zero-order chi connectivity index (χ0) is 27.4. The van der Waals surface area contributed by atoms with E-state index in [9.17, 15) is 26.4 Å². The molecule has 11 nitrogen and oxygen atoms in total. The molecule has 0 bridgehead atoms. The van der Waals surface area contributed by atoms with Crippen LogP contribution in [0, 0.1) is 0 Å². The zero-order valence-corrected chi connectivity index (χ0v) is 22.2. The van der Waals surface area contributed by atoms with Crippen LogP contribution in [0.4, 0.5) is 0 Å². The van der Waals surface area contributed by atoms with Gasteiger partial charge < -0.3 is 9.15 Å². The molecule has 0 aliphatic rings. The minimum atomic E-state index is -4.51. The molecule has 198 valence electrons. The van der Waals surface area contributed by atoms with Crippen molar-refractivity contribution in [1.82, 2.24) is 13.1 Å². The van der Waals surface area contributed by atoms with Crippen LogP contribution in [0.3, 0.4) is 0 Å². The first kappa shape index (κ1) is 25.5. The van der Waals surface area contributed by atoms with E-state index in [0.717, 1.165) is 36.9 Å². The maximum Gasteiger partial charge on any atom is 0.419 e. The van der Waals surface area contributed by atoms with Crippen molar-refractivity contribution in [1.29, 1.82) is 0 Å². The van der Waals surface area contributed by atoms with Crippen molar-refractivity contribution in [2.24, 2.45) is 7.05 Å². The molecule has 0 unspecified atom stereocenters. The molecule has 0 spiro atoms. The summed E-state index contributed by atoms with van der Waals surface area (Å²) < 4.78 is 65.3. The Hall–Kier alpha value is -4.10. The number of rotatable bonds is 7. The smallest absolute Gasteiger partial charge is 0.419 e. The van der Waals surface area contributed by atoms with Crippen LogP contribution in [-0.2, 0) is 26.9 Å². The minimum Gasteiger partial charge on any atom is -0.494 e. The third-order valence-electron chi connectivity index (χ3n) is 6.05. The lowest BCUT2D eigenvalue weighted by Gasteiger charge is -2.08. The summed E-state index contributed by atoms with van der Waals surface area (Å²) in [5.41, 5.74) is 0.104. The van der Waals surface area contributed by atoms with Gasteiger partial charge in [-0.1, -0.05) is 13.0 Å². The number of ether oxygens (including phenoxy) is 1. The fraction of sp³-hybridized carbons (Fsp3) is 0.200. The Morgan fingerprint density at radius 2 is 1.55 bits per heavy atom. The second-order valence-corrected chi connectivity index (χ2v) is 12.5. The van der Waals surface area contributed by atoms with Crippen LogP contribution in [-0.4, -0.2) is 42.8 Å². The first-order valence-corrected chi connectivity index (χ1v) is 14.8. The van der Waals surface area contributed by atoms with E-state index < -0.39 is 31.3 Å². The van der Waals surface area contributed by atoms with Gasteiger partial charge in [0.15, 0.2) is 15.4 Å². The van der Waals surface area contributed by atoms with E-state index in [0.29, 0.717) is 27.5 Å². The Labute approximate surface area is 217 Å². The maximum atomic E-state index is 13.8. The highest BCUT2D eigenvalue weighted by Crippen LogP contribution is 2.28. The van der Waals surface area contributed by atoms with E-state index in [4.69, 9.17) is 9.15 Å². The standard InChI is InChI=1S/C25H23N3O8S2/c1-4-12-35-17-7-5-6-16(13-17)27-20-14-22-23(36-25(30)26(22)2)15-21(20)28(24(27)29)38(33,34)19-10-8-18(9-11-19)37(3,31)32/h5-11,13-15H,4,12H2,1-3H3. The maximum absolute atomic E-state index is 13.8. The summed E-state index contributed by atoms with van der Waals surface area (Å²) in [6.07, 6.45) is 1.78. The lowest BCUT2D eigenvalue weighted by Crippen LogP contribution is -2.29. The van der Waals surface area contributed by atoms with Crippen LogP contribution >= 0.6 is 0 Å². The molecule has 5 rings (SSSR count). The number of nitrogens with zero attached hydrogens (tertiary/aromatic N) is 3. The summed E-state index contributed by atoms with van der Waals surface area (Å²) in [6, 6.07) is 14.1. The Morgan fingerprint density at radius 1 is 0.868 bits per heavy atom. The molecule has 0 radical (unpaired) electrons. The van der Waals surface area contributed by atoms with Crippen molar-refractivity contribution in [3.63, 3.8) is 0 Å². The number of hydrogen-bond donors (Lipinski definition) is 0. The number of aryl methyl sites for hydroxylation is 1. The first-order valence-electron chi connectivity index (χ1n) is 11.5. The molecule has 0 saturated carbocycles. The van der Waals surface area contributed by atoms with Gasteiger partial charge >= 0.3 is 11.4 Å². The van der Waals surface area contributed by atoms with Crippen molar-refractivity contribution in [2.45, 2.75) is 23.1 Å². The van der Waals surface area contributed by atoms with E-state index in [-0.39, 0.29) is 26.4 Å². The van der Waals surface area contributed by atoms with Gasteiger partial charge in [-0.05, 0) is 48.9 Å². The van der Waals surface area contributed by atoms with Gasteiger partial charge in [0.1, 0.15) is 5.75 Å². The summed E-state index contributed by atoms with van der Waals surface area (Å²) >= 11 is 0. The SMILES string of the molecule is CCCOc1cccc(-n2c(=O)n(S(=O)(=O)c3ccc(S(C)(=O)=O)cc3)c3cc4oc(=O)n(C)c4cc32)c1. The lowest BCUT2D eigenvalue weighted by molar-refractivity contribution is 0.317. The predicted molar refractivity (Wildman–Crippen MR) is 140 cm³/mol. The first-order chi connectivity index (χ1) is 17.9. The molecule has 5 aromatic rings. The predicted octanol–water partition coefficient (Wildman–Crippen LogP) is 2.67. The van der Waals surface area contributed by atoms with Crippen molar-refractivity contribution in [2.75, 3.05) is 12.9 Å². The molecular formula is C25H23N3O8S2. The van der Waals surface area contributed by atoms with Crippen molar-refractivity contribution in [3.05, 3.63) is 81.7 Å². The van der Waals surface area contributed by atoms with E-state index in [2.05, 4.69) is 0 Å². The lowest BCUT2D eigenvalue weighted by atomic mass is 10.2. The Morgan fingerprint density at radius 3 is 2.21 bits per heavy atom. The highest BCUT2D eigenvalue weighted by atomic mass is 32.2. The number of fused-ring (bicyclic) bond motifs is 2. The summed E-state index contributed by atoms with van der Waals surface area (Å²) in [4.78, 5) is 25.6. The van der Waals surface area contributed by atoms with Crippen LogP contribution < -0.4 is 16.2 Å². The van der Waals surface area contributed by atoms with Gasteiger partial charge in [-0.15, -0.1) is 0 Å². The number of oxazole rings is 1. The van der Waals surface area contributed by atoms with Crippen molar-refractivity contribution < 1.29 is 26.0 Å². The van der Waals surface area contributed by atoms with Crippen LogP contribution in [0.25, 0.3) is 27.8 Å². The Bertz CT molecular complexity index is 2050. The summed E-state index contributed by atoms with van der Waals surface area (Å²) in [6.45, 7) is 2.41. The molecule has 3 aromatic carbocycles. The fourth-order valence-electron chi connectivity index (χ4n) is 4.17. The Balaban J connectivity index is 1.83. The van der Waals surface area contributed by atoms with E-state index in [1.807, 2.05) is 6.92 Å². The zero-order valence-electron chi connectivity index (χ0n) is 20.6. The molecule has 13 heteroatoms. The monoisotopic (exact) mass is 557 g/mol. The van der Waals surface area contributed by atoms with Gasteiger partial charge in [-0.2, -0.15) is 3.97 Å². The molecule has 0 aliphatic carbocycles. The average Bonchev–Trinajstić information content (AvgIpc) is 3.32. The van der Waals surface area contributed by atoms with Crippen LogP contribution in [0.1, 0.15) is 13.3 Å². The largest absolute Gasteiger partial charge is 0.494 e. The molecule has 0 amide bonds. The number of benzene rings is 3. The topological polar surface area (TPSA) is 140 Å². The molecule has 38 heavy (non-hydrogen) atoms. The third kappa shape index (κ3) is 4.13. The van der Waals surface area contributed by atoms with Crippen molar-refractivity contribution in [3.8, 4) is 11.4 Å². The highest BCUT2D eigenvalue weighted by Gasteiger charge is 2.28. The summed E-state index contributed by atoms with van der Waals surface area (Å²) in [7, 11) is -6.58. The highest BCUT2D eigenvalue weighted by molar-refractivity contribution is 7.91. The van der Waals surface area contributed by atoms with Gasteiger partial charge in [0.2, 0.25) is 0 Å². The average molecular weight is 558 g/mol. The van der Waals surface area contributed by atoms with Crippen molar-refractivity contribution >= 4 is 42.0 Å². The Kier molecular flexibility index (Phi) is 6.07. The molecule has 0 atom stereocenters. The second kappa shape index (κ2) is 9.03. The molecule has 2 aromatic heterocycles. The number of sulfone groups is 1. The van der Waals surface area contributed by atoms with E-state index in [1.54, 1.807) is 24.3 Å². The fourth-order valence-corrected chi connectivity index (χ4v) is 6.18. The summed E-state index contributed by atoms with van der Waals surface area (Å²) in [5.74, 6) is -0.157. The number of aromatic nitrogens is 3. The third-order valence-corrected chi connectivity index (χ3v) is 8.88. The quantitative estimate of drug-likeness (QED) is 0.298. The molecule has 0 saturated heterocycles. The van der Waals surface area contributed by atoms with E-state index >= 15 is 0 Å². The van der Waals surface area contributed by atoms with Crippen LogP contribution in [0.2, 0.25) is 0 Å². The number of imidazole rings is 1. The molecular weight excluding hydrogens is 534 g/mol. The molecule has 0 N–H and O–H groups in total. The van der Waals surface area contributed by atoms with Crippen LogP contribution in [0.15, 0.2) is 84.5 Å². The summed E-state index contributed by atoms with van der Waals surface area (Å²) in [5, 5.41) is 0. The molecule has 2 heterocycles. The minimum absolute atomic E-state index is 0.0241. The van der Waals surface area contributed by atoms with Crippen LogP contribution in [0.5, 0.6) is 5.75 Å². The van der Waals surface area contributed by atoms with E-state index in [1.165, 1.54) is 28.3 Å². The number of hydrogen-bond acceptors (Lipinski definition) is 8. The van der Waals surface area contributed by atoms with Gasteiger partial charge in [-0.3, -0.25) is 9.13 Å². The van der Waals surface area contributed by atoms with Gasteiger partial charge in [0, 0.05) is 25.4 Å². The van der Waals surface area contributed by atoms with Gasteiger partial charge in [-0.25, -0.2) is 26.4 Å². The molecule has 0 fully saturated rings. The molecule has 0 aliphatic heterocycles. The van der Waals surface area contributed by atoms with Gasteiger partial charge in [0.05, 0.1) is 38.6 Å². The normalized spacial score (nSPS) is 12.4. The van der Waals surface area contributed by atoms with Gasteiger partial charge in [0.25, 0.3) is 10.0 Å². The second-order valence-electron chi connectivity index (χ2n) is 8.71.